The number of ether oxygens (including phenoxy) is 1. The zero-order valence-electron chi connectivity index (χ0n) is 12.3. The van der Waals surface area contributed by atoms with Crippen molar-refractivity contribution in [3.8, 4) is 0 Å². The van der Waals surface area contributed by atoms with Crippen molar-refractivity contribution in [3.63, 3.8) is 0 Å². The number of nitrogens with zero attached hydrogens (tertiary/aromatic N) is 1. The molecule has 2 heterocycles. The molecular formula is C14H24N2O3. The molecule has 0 spiro atoms. The second-order valence-electron chi connectivity index (χ2n) is 6.90. The maximum atomic E-state index is 12.7. The average Bonchev–Trinajstić information content (AvgIpc) is 2.31. The largest absolute Gasteiger partial charge is 0.381 e. The fraction of sp³-hybridized carbons (Fsp3) is 0.857. The van der Waals surface area contributed by atoms with E-state index in [9.17, 15) is 9.59 Å². The highest BCUT2D eigenvalue weighted by Crippen LogP contribution is 2.32. The smallest absolute Gasteiger partial charge is 0.246 e. The van der Waals surface area contributed by atoms with Crippen LogP contribution in [0.3, 0.4) is 0 Å². The van der Waals surface area contributed by atoms with Gasteiger partial charge in [0.15, 0.2) is 0 Å². The minimum atomic E-state index is -0.437. The van der Waals surface area contributed by atoms with E-state index >= 15 is 0 Å². The second kappa shape index (κ2) is 4.78. The molecule has 0 bridgehead atoms. The number of carbonyl (C=O) groups is 2. The molecule has 2 aliphatic rings. The van der Waals surface area contributed by atoms with Gasteiger partial charge < -0.3 is 15.0 Å². The first-order valence-corrected chi connectivity index (χ1v) is 6.93. The molecule has 1 N–H and O–H groups in total. The van der Waals surface area contributed by atoms with E-state index in [0.717, 1.165) is 12.8 Å². The van der Waals surface area contributed by atoms with Crippen molar-refractivity contribution in [2.45, 2.75) is 52.1 Å². The predicted molar refractivity (Wildman–Crippen MR) is 71.6 cm³/mol. The Morgan fingerprint density at radius 3 is 2.37 bits per heavy atom. The van der Waals surface area contributed by atoms with Crippen molar-refractivity contribution in [3.05, 3.63) is 0 Å². The normalized spacial score (nSPS) is 28.2. The zero-order chi connectivity index (χ0) is 14.3. The van der Waals surface area contributed by atoms with Crippen LogP contribution in [0, 0.1) is 5.41 Å². The Labute approximate surface area is 114 Å². The predicted octanol–water partition coefficient (Wildman–Crippen LogP) is 0.929. The van der Waals surface area contributed by atoms with E-state index in [0.29, 0.717) is 13.2 Å². The van der Waals surface area contributed by atoms with Gasteiger partial charge in [0.1, 0.15) is 12.6 Å². The molecule has 0 aromatic rings. The average molecular weight is 268 g/mol. The van der Waals surface area contributed by atoms with Gasteiger partial charge in [-0.1, -0.05) is 20.8 Å². The van der Waals surface area contributed by atoms with Crippen molar-refractivity contribution < 1.29 is 14.3 Å². The van der Waals surface area contributed by atoms with Crippen LogP contribution in [-0.2, 0) is 14.3 Å². The minimum Gasteiger partial charge on any atom is -0.381 e. The standard InChI is InChI=1S/C14H24N2O3/c1-13(2,3)11-12(18)16(9-10(17)15-11)14(4)5-7-19-8-6-14/h11H,5-9H2,1-4H3,(H,15,17). The quantitative estimate of drug-likeness (QED) is 0.769. The first kappa shape index (κ1) is 14.3. The SMILES string of the molecule is CC(C)(C)C1NC(=O)CN(C2(C)CCOCC2)C1=O. The lowest BCUT2D eigenvalue weighted by Crippen LogP contribution is -2.67. The lowest BCUT2D eigenvalue weighted by molar-refractivity contribution is -0.157. The number of hydrogen-bond acceptors (Lipinski definition) is 3. The van der Waals surface area contributed by atoms with Gasteiger partial charge in [0.25, 0.3) is 0 Å². The van der Waals surface area contributed by atoms with Gasteiger partial charge in [0, 0.05) is 18.8 Å². The van der Waals surface area contributed by atoms with E-state index in [2.05, 4.69) is 12.2 Å². The molecule has 0 aliphatic carbocycles. The molecule has 2 saturated heterocycles. The van der Waals surface area contributed by atoms with Gasteiger partial charge in [0.2, 0.25) is 11.8 Å². The van der Waals surface area contributed by atoms with Gasteiger partial charge in [-0.25, -0.2) is 0 Å². The highest BCUT2D eigenvalue weighted by atomic mass is 16.5. The third-order valence-electron chi connectivity index (χ3n) is 4.21. The molecule has 0 aromatic carbocycles. The summed E-state index contributed by atoms with van der Waals surface area (Å²) < 4.78 is 5.37. The summed E-state index contributed by atoms with van der Waals surface area (Å²) in [7, 11) is 0. The van der Waals surface area contributed by atoms with E-state index in [-0.39, 0.29) is 29.3 Å². The number of nitrogens with one attached hydrogen (secondary N) is 1. The van der Waals surface area contributed by atoms with Crippen LogP contribution < -0.4 is 5.32 Å². The van der Waals surface area contributed by atoms with E-state index in [1.165, 1.54) is 0 Å². The van der Waals surface area contributed by atoms with Crippen LogP contribution in [0.25, 0.3) is 0 Å². The maximum Gasteiger partial charge on any atom is 0.246 e. The molecule has 108 valence electrons. The summed E-state index contributed by atoms with van der Waals surface area (Å²) in [4.78, 5) is 26.4. The molecule has 0 saturated carbocycles. The van der Waals surface area contributed by atoms with Gasteiger partial charge in [-0.05, 0) is 25.2 Å². The summed E-state index contributed by atoms with van der Waals surface area (Å²) in [5.41, 5.74) is -0.524. The summed E-state index contributed by atoms with van der Waals surface area (Å²) in [5.74, 6) is -0.0243. The Morgan fingerprint density at radius 1 is 1.26 bits per heavy atom. The summed E-state index contributed by atoms with van der Waals surface area (Å²) in [6.07, 6.45) is 1.59. The van der Waals surface area contributed by atoms with Crippen molar-refractivity contribution in [2.75, 3.05) is 19.8 Å². The Bertz CT molecular complexity index is 381. The van der Waals surface area contributed by atoms with Crippen LogP contribution in [0.2, 0.25) is 0 Å². The zero-order valence-corrected chi connectivity index (χ0v) is 12.3. The van der Waals surface area contributed by atoms with Crippen LogP contribution in [0.15, 0.2) is 0 Å². The van der Waals surface area contributed by atoms with Gasteiger partial charge in [-0.3, -0.25) is 9.59 Å². The molecule has 0 aromatic heterocycles. The second-order valence-corrected chi connectivity index (χ2v) is 6.90. The van der Waals surface area contributed by atoms with Crippen LogP contribution >= 0.6 is 0 Å². The van der Waals surface area contributed by atoms with Crippen molar-refractivity contribution in [1.82, 2.24) is 10.2 Å². The molecule has 5 nitrogen and oxygen atoms in total. The fourth-order valence-corrected chi connectivity index (χ4v) is 2.77. The van der Waals surface area contributed by atoms with E-state index in [4.69, 9.17) is 4.74 Å². The number of piperazine rings is 1. The van der Waals surface area contributed by atoms with E-state index in [1.54, 1.807) is 4.90 Å². The Morgan fingerprint density at radius 2 is 1.84 bits per heavy atom. The molecule has 2 amide bonds. The summed E-state index contributed by atoms with van der Waals surface area (Å²) in [6, 6.07) is -0.437. The van der Waals surface area contributed by atoms with Gasteiger partial charge in [-0.15, -0.1) is 0 Å². The Kier molecular flexibility index (Phi) is 3.60. The van der Waals surface area contributed by atoms with Gasteiger partial charge in [-0.2, -0.15) is 0 Å². The first-order valence-electron chi connectivity index (χ1n) is 6.93. The summed E-state index contributed by atoms with van der Waals surface area (Å²) in [5, 5.41) is 2.83. The van der Waals surface area contributed by atoms with Crippen molar-refractivity contribution in [1.29, 1.82) is 0 Å². The molecular weight excluding hydrogens is 244 g/mol. The lowest BCUT2D eigenvalue weighted by atomic mass is 9.82. The third kappa shape index (κ3) is 2.76. The lowest BCUT2D eigenvalue weighted by Gasteiger charge is -2.49. The number of rotatable bonds is 1. The molecule has 2 aliphatic heterocycles. The van der Waals surface area contributed by atoms with Gasteiger partial charge in [0.05, 0.1) is 0 Å². The van der Waals surface area contributed by atoms with Crippen molar-refractivity contribution >= 4 is 11.8 Å². The first-order chi connectivity index (χ1) is 8.74. The molecule has 1 atom stereocenters. The highest BCUT2D eigenvalue weighted by molar-refractivity contribution is 5.95. The molecule has 2 fully saturated rings. The Hall–Kier alpha value is -1.10. The van der Waals surface area contributed by atoms with Crippen LogP contribution in [0.4, 0.5) is 0 Å². The monoisotopic (exact) mass is 268 g/mol. The number of amides is 2. The third-order valence-corrected chi connectivity index (χ3v) is 4.21. The maximum absolute atomic E-state index is 12.7. The molecule has 19 heavy (non-hydrogen) atoms. The topological polar surface area (TPSA) is 58.6 Å². The van der Waals surface area contributed by atoms with E-state index in [1.807, 2.05) is 20.8 Å². The van der Waals surface area contributed by atoms with E-state index < -0.39 is 6.04 Å². The molecule has 0 radical (unpaired) electrons. The minimum absolute atomic E-state index is 0.0384. The number of hydrogen-bond donors (Lipinski definition) is 1. The fourth-order valence-electron chi connectivity index (χ4n) is 2.77. The number of carbonyl (C=O) groups excluding carboxylic acids is 2. The highest BCUT2D eigenvalue weighted by Gasteiger charge is 2.46. The molecule has 5 heteroatoms. The van der Waals surface area contributed by atoms with Crippen molar-refractivity contribution in [2.24, 2.45) is 5.41 Å². The van der Waals surface area contributed by atoms with Crippen LogP contribution in [0.5, 0.6) is 0 Å². The van der Waals surface area contributed by atoms with Gasteiger partial charge >= 0.3 is 0 Å². The Balaban J connectivity index is 2.24. The summed E-state index contributed by atoms with van der Waals surface area (Å²) in [6.45, 7) is 9.47. The van der Waals surface area contributed by atoms with Crippen LogP contribution in [0.1, 0.15) is 40.5 Å². The summed E-state index contributed by atoms with van der Waals surface area (Å²) >= 11 is 0. The molecule has 1 unspecified atom stereocenters. The van der Waals surface area contributed by atoms with Crippen LogP contribution in [-0.4, -0.2) is 48.1 Å². The molecule has 2 rings (SSSR count).